The van der Waals surface area contributed by atoms with Gasteiger partial charge >= 0.3 is 0 Å². The molecule has 1 aromatic heterocycles. The Morgan fingerprint density at radius 3 is 2.86 bits per heavy atom. The van der Waals surface area contributed by atoms with E-state index in [0.717, 1.165) is 31.6 Å². The van der Waals surface area contributed by atoms with E-state index in [2.05, 4.69) is 22.4 Å². The summed E-state index contributed by atoms with van der Waals surface area (Å²) in [7, 11) is 0. The zero-order valence-corrected chi connectivity index (χ0v) is 12.6. The number of aromatic nitrogens is 1. The van der Waals surface area contributed by atoms with Crippen molar-refractivity contribution < 1.29 is 4.79 Å². The second-order valence-corrected chi connectivity index (χ2v) is 5.70. The summed E-state index contributed by atoms with van der Waals surface area (Å²) in [6, 6.07) is 14.4. The third kappa shape index (κ3) is 3.85. The number of nitrogens with one attached hydrogen (secondary N) is 1. The fraction of sp³-hybridized carbons (Fsp3) is 0.333. The Morgan fingerprint density at radius 1 is 1.23 bits per heavy atom. The topological polar surface area (TPSA) is 45.2 Å². The molecule has 0 bridgehead atoms. The summed E-state index contributed by atoms with van der Waals surface area (Å²) in [5.41, 5.74) is 2.24. The molecule has 1 fully saturated rings. The molecule has 114 valence electrons. The zero-order valence-electron chi connectivity index (χ0n) is 12.6. The molecule has 1 aromatic carbocycles. The summed E-state index contributed by atoms with van der Waals surface area (Å²) in [6.45, 7) is 1.62. The summed E-state index contributed by atoms with van der Waals surface area (Å²) in [4.78, 5) is 18.4. The number of hydrogen-bond donors (Lipinski definition) is 1. The van der Waals surface area contributed by atoms with Crippen LogP contribution in [0.15, 0.2) is 54.9 Å². The molecule has 22 heavy (non-hydrogen) atoms. The van der Waals surface area contributed by atoms with E-state index in [4.69, 9.17) is 0 Å². The van der Waals surface area contributed by atoms with Crippen molar-refractivity contribution in [1.29, 1.82) is 0 Å². The Hall–Kier alpha value is -2.36. The van der Waals surface area contributed by atoms with Crippen molar-refractivity contribution in [2.24, 2.45) is 0 Å². The van der Waals surface area contributed by atoms with Crippen molar-refractivity contribution in [1.82, 2.24) is 9.88 Å². The number of rotatable bonds is 5. The van der Waals surface area contributed by atoms with Crippen LogP contribution < -0.4 is 5.32 Å². The Bertz CT molecular complexity index is 600. The van der Waals surface area contributed by atoms with Crippen LogP contribution in [0.4, 0.5) is 5.69 Å². The predicted octanol–water partition coefficient (Wildman–Crippen LogP) is 2.73. The largest absolute Gasteiger partial charge is 0.379 e. The molecular formula is C18H21N3O. The zero-order chi connectivity index (χ0) is 15.2. The van der Waals surface area contributed by atoms with Gasteiger partial charge in [-0.1, -0.05) is 30.3 Å². The van der Waals surface area contributed by atoms with E-state index in [0.29, 0.717) is 12.5 Å². The van der Waals surface area contributed by atoms with Gasteiger partial charge < -0.3 is 10.2 Å². The third-order valence-electron chi connectivity index (χ3n) is 4.04. The van der Waals surface area contributed by atoms with E-state index >= 15 is 0 Å². The van der Waals surface area contributed by atoms with Gasteiger partial charge in [0.05, 0.1) is 5.69 Å². The molecule has 1 N–H and O–H groups in total. The van der Waals surface area contributed by atoms with Crippen LogP contribution in [0.2, 0.25) is 0 Å². The minimum atomic E-state index is 0.249. The van der Waals surface area contributed by atoms with Gasteiger partial charge in [0.25, 0.3) is 0 Å². The second-order valence-electron chi connectivity index (χ2n) is 5.70. The van der Waals surface area contributed by atoms with Crippen LogP contribution in [0, 0.1) is 0 Å². The standard InChI is InChI=1S/C18H21N3O/c22-18(9-8-15-5-2-1-3-6-15)21-12-10-17(14-21)20-16-7-4-11-19-13-16/h1-7,11,13,17,20H,8-10,12,14H2. The maximum atomic E-state index is 12.3. The highest BCUT2D eigenvalue weighted by Crippen LogP contribution is 2.16. The third-order valence-corrected chi connectivity index (χ3v) is 4.04. The first-order valence-electron chi connectivity index (χ1n) is 7.79. The van der Waals surface area contributed by atoms with Gasteiger partial charge in [-0.25, -0.2) is 0 Å². The number of nitrogens with zero attached hydrogens (tertiary/aromatic N) is 2. The molecule has 0 aliphatic carbocycles. The number of likely N-dealkylation sites (tertiary alicyclic amines) is 1. The van der Waals surface area contributed by atoms with E-state index in [1.54, 1.807) is 6.20 Å². The van der Waals surface area contributed by atoms with E-state index in [1.807, 2.05) is 41.4 Å². The Balaban J connectivity index is 1.46. The number of hydrogen-bond acceptors (Lipinski definition) is 3. The molecule has 1 amide bonds. The maximum Gasteiger partial charge on any atom is 0.222 e. The molecule has 1 saturated heterocycles. The van der Waals surface area contributed by atoms with Gasteiger partial charge in [-0.2, -0.15) is 0 Å². The molecule has 4 heteroatoms. The van der Waals surface area contributed by atoms with Crippen LogP contribution >= 0.6 is 0 Å². The first-order valence-corrected chi connectivity index (χ1v) is 7.79. The lowest BCUT2D eigenvalue weighted by molar-refractivity contribution is -0.130. The van der Waals surface area contributed by atoms with Crippen molar-refractivity contribution in [3.8, 4) is 0 Å². The molecule has 1 aliphatic heterocycles. The number of pyridine rings is 1. The number of carbonyl (C=O) groups excluding carboxylic acids is 1. The summed E-state index contributed by atoms with van der Waals surface area (Å²) < 4.78 is 0. The number of benzene rings is 1. The summed E-state index contributed by atoms with van der Waals surface area (Å²) in [5.74, 6) is 0.249. The fourth-order valence-corrected chi connectivity index (χ4v) is 2.84. The molecular weight excluding hydrogens is 274 g/mol. The van der Waals surface area contributed by atoms with Gasteiger partial charge in [0, 0.05) is 37.9 Å². The summed E-state index contributed by atoms with van der Waals surface area (Å²) in [5, 5.41) is 3.44. The minimum absolute atomic E-state index is 0.249. The average molecular weight is 295 g/mol. The predicted molar refractivity (Wildman–Crippen MR) is 87.6 cm³/mol. The van der Waals surface area contributed by atoms with Gasteiger partial charge in [-0.3, -0.25) is 9.78 Å². The van der Waals surface area contributed by atoms with Crippen LogP contribution in [0.25, 0.3) is 0 Å². The van der Waals surface area contributed by atoms with Gasteiger partial charge in [0.1, 0.15) is 0 Å². The molecule has 2 heterocycles. The van der Waals surface area contributed by atoms with E-state index in [1.165, 1.54) is 5.56 Å². The highest BCUT2D eigenvalue weighted by atomic mass is 16.2. The molecule has 3 rings (SSSR count). The lowest BCUT2D eigenvalue weighted by Crippen LogP contribution is -2.31. The van der Waals surface area contributed by atoms with E-state index in [-0.39, 0.29) is 5.91 Å². The molecule has 0 saturated carbocycles. The monoisotopic (exact) mass is 295 g/mol. The lowest BCUT2D eigenvalue weighted by Gasteiger charge is -2.17. The summed E-state index contributed by atoms with van der Waals surface area (Å²) >= 11 is 0. The van der Waals surface area contributed by atoms with Crippen LogP contribution in [0.3, 0.4) is 0 Å². The normalized spacial score (nSPS) is 17.5. The van der Waals surface area contributed by atoms with Gasteiger partial charge in [0.15, 0.2) is 0 Å². The van der Waals surface area contributed by atoms with Crippen LogP contribution in [0.5, 0.6) is 0 Å². The molecule has 1 aliphatic rings. The Kier molecular flexibility index (Phi) is 4.68. The fourth-order valence-electron chi connectivity index (χ4n) is 2.84. The van der Waals surface area contributed by atoms with Crippen LogP contribution in [0.1, 0.15) is 18.4 Å². The van der Waals surface area contributed by atoms with Gasteiger partial charge in [0.2, 0.25) is 5.91 Å². The highest BCUT2D eigenvalue weighted by Gasteiger charge is 2.25. The molecule has 0 radical (unpaired) electrons. The van der Waals surface area contributed by atoms with Crippen LogP contribution in [-0.4, -0.2) is 34.9 Å². The Labute approximate surface area is 131 Å². The quantitative estimate of drug-likeness (QED) is 0.922. The first kappa shape index (κ1) is 14.6. The van der Waals surface area contributed by atoms with Gasteiger partial charge in [-0.15, -0.1) is 0 Å². The number of anilines is 1. The first-order chi connectivity index (χ1) is 10.8. The maximum absolute atomic E-state index is 12.3. The van der Waals surface area contributed by atoms with E-state index < -0.39 is 0 Å². The second kappa shape index (κ2) is 7.07. The number of carbonyl (C=O) groups is 1. The van der Waals surface area contributed by atoms with Crippen molar-refractivity contribution in [2.45, 2.75) is 25.3 Å². The highest BCUT2D eigenvalue weighted by molar-refractivity contribution is 5.77. The molecule has 1 atom stereocenters. The van der Waals surface area contributed by atoms with Crippen molar-refractivity contribution in [3.63, 3.8) is 0 Å². The average Bonchev–Trinajstić information content (AvgIpc) is 3.03. The summed E-state index contributed by atoms with van der Waals surface area (Å²) in [6.07, 6.45) is 5.98. The lowest BCUT2D eigenvalue weighted by atomic mass is 10.1. The van der Waals surface area contributed by atoms with Gasteiger partial charge in [-0.05, 0) is 30.5 Å². The number of aryl methyl sites for hydroxylation is 1. The van der Waals surface area contributed by atoms with Crippen molar-refractivity contribution >= 4 is 11.6 Å². The van der Waals surface area contributed by atoms with Crippen LogP contribution in [-0.2, 0) is 11.2 Å². The Morgan fingerprint density at radius 2 is 2.09 bits per heavy atom. The van der Waals surface area contributed by atoms with E-state index in [9.17, 15) is 4.79 Å². The van der Waals surface area contributed by atoms with Crippen molar-refractivity contribution in [2.75, 3.05) is 18.4 Å². The molecule has 0 spiro atoms. The van der Waals surface area contributed by atoms with Crippen molar-refractivity contribution in [3.05, 3.63) is 60.4 Å². The molecule has 1 unspecified atom stereocenters. The SMILES string of the molecule is O=C(CCc1ccccc1)N1CCC(Nc2cccnc2)C1. The molecule has 4 nitrogen and oxygen atoms in total. The minimum Gasteiger partial charge on any atom is -0.379 e. The molecule has 2 aromatic rings. The smallest absolute Gasteiger partial charge is 0.222 e. The number of amides is 1.